The molecule has 0 atom stereocenters. The van der Waals surface area contributed by atoms with Gasteiger partial charge in [0.25, 0.3) is 11.8 Å². The number of fused-ring (bicyclic) bond motifs is 1. The molecule has 0 radical (unpaired) electrons. The molecule has 2 amide bonds. The van der Waals surface area contributed by atoms with Gasteiger partial charge in [-0.25, -0.2) is 4.39 Å². The molecule has 0 saturated heterocycles. The highest BCUT2D eigenvalue weighted by Gasteiger charge is 2.18. The van der Waals surface area contributed by atoms with Crippen molar-refractivity contribution in [3.8, 4) is 0 Å². The van der Waals surface area contributed by atoms with Gasteiger partial charge in [0.05, 0.1) is 20.8 Å². The fourth-order valence-electron chi connectivity index (χ4n) is 2.57. The van der Waals surface area contributed by atoms with E-state index < -0.39 is 5.91 Å². The SMILES string of the molecule is O=C(Nc1ccc(F)cc1)c1cc2c(NC(=O)c3ccccc3Cl)n[nH]c2s1. The van der Waals surface area contributed by atoms with E-state index >= 15 is 0 Å². The van der Waals surface area contributed by atoms with Gasteiger partial charge in [-0.2, -0.15) is 5.10 Å². The van der Waals surface area contributed by atoms with Gasteiger partial charge in [-0.1, -0.05) is 23.7 Å². The molecule has 3 N–H and O–H groups in total. The van der Waals surface area contributed by atoms with E-state index in [2.05, 4.69) is 20.8 Å². The van der Waals surface area contributed by atoms with Crippen LogP contribution in [0.3, 0.4) is 0 Å². The molecule has 0 aliphatic rings. The maximum Gasteiger partial charge on any atom is 0.265 e. The summed E-state index contributed by atoms with van der Waals surface area (Å²) in [6.07, 6.45) is 0. The van der Waals surface area contributed by atoms with E-state index in [-0.39, 0.29) is 11.7 Å². The van der Waals surface area contributed by atoms with Crippen LogP contribution in [0.4, 0.5) is 15.9 Å². The molecule has 9 heteroatoms. The Labute approximate surface area is 167 Å². The molecule has 0 saturated carbocycles. The maximum absolute atomic E-state index is 13.0. The summed E-state index contributed by atoms with van der Waals surface area (Å²) in [6.45, 7) is 0. The molecule has 0 unspecified atom stereocenters. The molecule has 6 nitrogen and oxygen atoms in total. The minimum atomic E-state index is -0.400. The standard InChI is InChI=1S/C19H12ClFN4O2S/c20-14-4-2-1-3-12(14)17(26)23-16-13-9-15(28-19(13)25-24-16)18(27)22-11-7-5-10(21)6-8-11/h1-9H,(H,22,27)(H2,23,24,25,26). The first-order chi connectivity index (χ1) is 13.5. The Hall–Kier alpha value is -3.23. The second kappa shape index (κ2) is 7.41. The van der Waals surface area contributed by atoms with Crippen molar-refractivity contribution in [2.75, 3.05) is 10.6 Å². The van der Waals surface area contributed by atoms with E-state index in [1.54, 1.807) is 30.3 Å². The fraction of sp³-hybridized carbons (Fsp3) is 0. The molecular weight excluding hydrogens is 403 g/mol. The Morgan fingerprint density at radius 3 is 2.54 bits per heavy atom. The maximum atomic E-state index is 13.0. The van der Waals surface area contributed by atoms with Crippen LogP contribution in [0.2, 0.25) is 5.02 Å². The van der Waals surface area contributed by atoms with Crippen LogP contribution in [0.1, 0.15) is 20.0 Å². The summed E-state index contributed by atoms with van der Waals surface area (Å²) in [5.74, 6) is -0.823. The summed E-state index contributed by atoms with van der Waals surface area (Å²) < 4.78 is 13.0. The summed E-state index contributed by atoms with van der Waals surface area (Å²) in [6, 6.07) is 13.8. The Balaban J connectivity index is 1.55. The molecule has 0 aliphatic heterocycles. The summed E-state index contributed by atoms with van der Waals surface area (Å²) in [4.78, 5) is 25.9. The monoisotopic (exact) mass is 414 g/mol. The van der Waals surface area contributed by atoms with Crippen molar-refractivity contribution in [3.05, 3.63) is 75.9 Å². The smallest absolute Gasteiger partial charge is 0.265 e. The number of halogens is 2. The summed E-state index contributed by atoms with van der Waals surface area (Å²) in [7, 11) is 0. The van der Waals surface area contributed by atoms with Gasteiger partial charge in [-0.3, -0.25) is 14.7 Å². The largest absolute Gasteiger partial charge is 0.321 e. The van der Waals surface area contributed by atoms with Crippen molar-refractivity contribution in [3.63, 3.8) is 0 Å². The number of aromatic nitrogens is 2. The highest BCUT2D eigenvalue weighted by atomic mass is 35.5. The Morgan fingerprint density at radius 1 is 1.04 bits per heavy atom. The lowest BCUT2D eigenvalue weighted by atomic mass is 10.2. The molecule has 0 fully saturated rings. The number of aromatic amines is 1. The van der Waals surface area contributed by atoms with Crippen LogP contribution < -0.4 is 10.6 Å². The topological polar surface area (TPSA) is 86.9 Å². The van der Waals surface area contributed by atoms with Gasteiger partial charge in [0, 0.05) is 5.69 Å². The molecular formula is C19H12ClFN4O2S. The number of hydrogen-bond donors (Lipinski definition) is 3. The van der Waals surface area contributed by atoms with E-state index in [1.165, 1.54) is 35.6 Å². The zero-order valence-electron chi connectivity index (χ0n) is 14.1. The third-order valence-electron chi connectivity index (χ3n) is 3.93. The van der Waals surface area contributed by atoms with Crippen molar-refractivity contribution < 1.29 is 14.0 Å². The Kier molecular flexibility index (Phi) is 4.81. The number of H-pyrrole nitrogens is 1. The first-order valence-electron chi connectivity index (χ1n) is 8.12. The van der Waals surface area contributed by atoms with E-state index in [4.69, 9.17) is 11.6 Å². The lowest BCUT2D eigenvalue weighted by Crippen LogP contribution is -2.13. The van der Waals surface area contributed by atoms with Crippen molar-refractivity contribution in [1.82, 2.24) is 10.2 Å². The van der Waals surface area contributed by atoms with Gasteiger partial charge in [0.1, 0.15) is 10.6 Å². The second-order valence-corrected chi connectivity index (χ2v) is 7.28. The van der Waals surface area contributed by atoms with Crippen LogP contribution in [0.5, 0.6) is 0 Å². The number of rotatable bonds is 4. The van der Waals surface area contributed by atoms with Crippen LogP contribution in [-0.4, -0.2) is 22.0 Å². The number of nitrogens with one attached hydrogen (secondary N) is 3. The molecule has 0 spiro atoms. The molecule has 2 aromatic heterocycles. The number of anilines is 2. The number of amides is 2. The van der Waals surface area contributed by atoms with E-state index in [1.807, 2.05) is 0 Å². The molecule has 2 heterocycles. The number of thiophene rings is 1. The zero-order valence-corrected chi connectivity index (χ0v) is 15.7. The third kappa shape index (κ3) is 3.60. The second-order valence-electron chi connectivity index (χ2n) is 5.82. The highest BCUT2D eigenvalue weighted by Crippen LogP contribution is 2.30. The molecule has 140 valence electrons. The third-order valence-corrected chi connectivity index (χ3v) is 5.30. The minimum Gasteiger partial charge on any atom is -0.321 e. The normalized spacial score (nSPS) is 10.8. The predicted molar refractivity (Wildman–Crippen MR) is 108 cm³/mol. The van der Waals surface area contributed by atoms with Crippen LogP contribution in [-0.2, 0) is 0 Å². The molecule has 0 aliphatic carbocycles. The predicted octanol–water partition coefficient (Wildman–Crippen LogP) is 4.92. The van der Waals surface area contributed by atoms with Gasteiger partial charge < -0.3 is 10.6 Å². The van der Waals surface area contributed by atoms with Gasteiger partial charge >= 0.3 is 0 Å². The van der Waals surface area contributed by atoms with Crippen molar-refractivity contribution in [2.45, 2.75) is 0 Å². The Morgan fingerprint density at radius 2 is 1.79 bits per heavy atom. The van der Waals surface area contributed by atoms with E-state index in [9.17, 15) is 14.0 Å². The molecule has 0 bridgehead atoms. The first kappa shape index (κ1) is 18.1. The van der Waals surface area contributed by atoms with Crippen LogP contribution in [0, 0.1) is 5.82 Å². The zero-order chi connectivity index (χ0) is 19.7. The first-order valence-corrected chi connectivity index (χ1v) is 9.31. The number of carbonyl (C=O) groups is 2. The molecule has 2 aromatic carbocycles. The van der Waals surface area contributed by atoms with Crippen LogP contribution in [0.15, 0.2) is 54.6 Å². The van der Waals surface area contributed by atoms with Gasteiger partial charge in [0.2, 0.25) is 0 Å². The van der Waals surface area contributed by atoms with Crippen molar-refractivity contribution in [2.24, 2.45) is 0 Å². The summed E-state index contributed by atoms with van der Waals surface area (Å²) in [5, 5.41) is 13.2. The number of hydrogen-bond acceptors (Lipinski definition) is 4. The van der Waals surface area contributed by atoms with Gasteiger partial charge in [-0.05, 0) is 42.5 Å². The highest BCUT2D eigenvalue weighted by molar-refractivity contribution is 7.20. The minimum absolute atomic E-state index is 0.303. The molecule has 4 rings (SSSR count). The lowest BCUT2D eigenvalue weighted by Gasteiger charge is -2.04. The molecule has 28 heavy (non-hydrogen) atoms. The lowest BCUT2D eigenvalue weighted by molar-refractivity contribution is 0.102. The average molecular weight is 415 g/mol. The Bertz CT molecular complexity index is 1190. The van der Waals surface area contributed by atoms with Crippen LogP contribution in [0.25, 0.3) is 10.2 Å². The fourth-order valence-corrected chi connectivity index (χ4v) is 3.69. The summed E-state index contributed by atoms with van der Waals surface area (Å²) in [5.41, 5.74) is 0.804. The number of carbonyl (C=O) groups excluding carboxylic acids is 2. The van der Waals surface area contributed by atoms with Crippen molar-refractivity contribution in [1.29, 1.82) is 0 Å². The summed E-state index contributed by atoms with van der Waals surface area (Å²) >= 11 is 7.24. The van der Waals surface area contributed by atoms with Gasteiger partial charge in [0.15, 0.2) is 5.82 Å². The average Bonchev–Trinajstić information content (AvgIpc) is 3.26. The quantitative estimate of drug-likeness (QED) is 0.443. The molecule has 4 aromatic rings. The number of nitrogens with zero attached hydrogens (tertiary/aromatic N) is 1. The number of benzene rings is 2. The van der Waals surface area contributed by atoms with E-state index in [0.29, 0.717) is 37.2 Å². The van der Waals surface area contributed by atoms with E-state index in [0.717, 1.165) is 0 Å². The van der Waals surface area contributed by atoms with Crippen LogP contribution >= 0.6 is 22.9 Å². The van der Waals surface area contributed by atoms with Gasteiger partial charge in [-0.15, -0.1) is 11.3 Å². The van der Waals surface area contributed by atoms with Crippen molar-refractivity contribution >= 4 is 56.5 Å².